The second kappa shape index (κ2) is 9.34. The molecule has 3 rings (SSSR count). The van der Waals surface area contributed by atoms with Gasteiger partial charge in [-0.25, -0.2) is 4.79 Å². The molecule has 2 N–H and O–H groups in total. The maximum atomic E-state index is 13.1. The summed E-state index contributed by atoms with van der Waals surface area (Å²) in [7, 11) is 0. The third-order valence-corrected chi connectivity index (χ3v) is 4.81. The van der Waals surface area contributed by atoms with Gasteiger partial charge in [0.1, 0.15) is 11.6 Å². The summed E-state index contributed by atoms with van der Waals surface area (Å²) >= 11 is 0. The number of carbonyl (C=O) groups is 3. The van der Waals surface area contributed by atoms with Crippen molar-refractivity contribution < 1.29 is 23.9 Å². The first-order chi connectivity index (χ1) is 14.6. The summed E-state index contributed by atoms with van der Waals surface area (Å²) in [4.78, 5) is 39.8. The highest BCUT2D eigenvalue weighted by Crippen LogP contribution is 2.25. The molecule has 1 saturated heterocycles. The number of nitrogens with zero attached hydrogens (tertiary/aromatic N) is 1. The van der Waals surface area contributed by atoms with Crippen LogP contribution < -0.4 is 10.6 Å². The van der Waals surface area contributed by atoms with Crippen molar-refractivity contribution >= 4 is 34.4 Å². The zero-order valence-electron chi connectivity index (χ0n) is 18.4. The molecule has 31 heavy (non-hydrogen) atoms. The zero-order chi connectivity index (χ0) is 22.6. The van der Waals surface area contributed by atoms with E-state index < -0.39 is 23.6 Å². The fraction of sp³-hybridized carbons (Fsp3) is 0.435. The second-order valence-electron chi connectivity index (χ2n) is 8.50. The first-order valence-electron chi connectivity index (χ1n) is 10.3. The third kappa shape index (κ3) is 5.95. The van der Waals surface area contributed by atoms with E-state index in [1.165, 1.54) is 0 Å². The van der Waals surface area contributed by atoms with Crippen LogP contribution >= 0.6 is 0 Å². The fourth-order valence-corrected chi connectivity index (χ4v) is 3.34. The minimum atomic E-state index is -0.716. The third-order valence-electron chi connectivity index (χ3n) is 4.81. The molecule has 0 radical (unpaired) electrons. The van der Waals surface area contributed by atoms with Gasteiger partial charge in [-0.1, -0.05) is 24.3 Å². The standard InChI is InChI=1S/C23H29N3O5/c1-15(21(28)26-9-11-30-12-10-26)24-20(27)18-13-16-7-5-6-8-17(16)14-19(18)25-22(29)31-23(2,3)4/h5-8,13-15H,9-12H2,1-4H3,(H,24,27)(H,25,29). The Kier molecular flexibility index (Phi) is 6.80. The number of benzene rings is 2. The Morgan fingerprint density at radius 1 is 1.06 bits per heavy atom. The quantitative estimate of drug-likeness (QED) is 0.781. The number of fused-ring (bicyclic) bond motifs is 1. The lowest BCUT2D eigenvalue weighted by molar-refractivity contribution is -0.136. The van der Waals surface area contributed by atoms with E-state index in [0.717, 1.165) is 10.8 Å². The molecule has 1 aliphatic rings. The molecular formula is C23H29N3O5. The molecule has 0 saturated carbocycles. The summed E-state index contributed by atoms with van der Waals surface area (Å²) in [5, 5.41) is 7.13. The van der Waals surface area contributed by atoms with Crippen LogP contribution in [0.3, 0.4) is 0 Å². The van der Waals surface area contributed by atoms with Gasteiger partial charge in [0.25, 0.3) is 5.91 Å². The van der Waals surface area contributed by atoms with E-state index in [4.69, 9.17) is 9.47 Å². The molecule has 8 nitrogen and oxygen atoms in total. The summed E-state index contributed by atoms with van der Waals surface area (Å²) in [6.07, 6.45) is -0.658. The number of morpholine rings is 1. The van der Waals surface area contributed by atoms with Crippen LogP contribution in [0.25, 0.3) is 10.8 Å². The highest BCUT2D eigenvalue weighted by atomic mass is 16.6. The predicted molar refractivity (Wildman–Crippen MR) is 118 cm³/mol. The van der Waals surface area contributed by atoms with Crippen molar-refractivity contribution in [2.45, 2.75) is 39.3 Å². The van der Waals surface area contributed by atoms with Crippen LogP contribution in [0, 0.1) is 0 Å². The Balaban J connectivity index is 1.83. The van der Waals surface area contributed by atoms with Crippen LogP contribution in [-0.4, -0.2) is 60.8 Å². The first-order valence-corrected chi connectivity index (χ1v) is 10.3. The van der Waals surface area contributed by atoms with Gasteiger partial charge in [0.2, 0.25) is 5.91 Å². The summed E-state index contributed by atoms with van der Waals surface area (Å²) in [6.45, 7) is 8.92. The van der Waals surface area contributed by atoms with Gasteiger partial charge < -0.3 is 19.7 Å². The van der Waals surface area contributed by atoms with Gasteiger partial charge in [-0.15, -0.1) is 0 Å². The molecule has 2 aromatic carbocycles. The molecule has 166 valence electrons. The van der Waals surface area contributed by atoms with Crippen molar-refractivity contribution in [1.82, 2.24) is 10.2 Å². The van der Waals surface area contributed by atoms with Crippen LogP contribution in [-0.2, 0) is 14.3 Å². The zero-order valence-corrected chi connectivity index (χ0v) is 18.4. The van der Waals surface area contributed by atoms with E-state index in [9.17, 15) is 14.4 Å². The Hall–Kier alpha value is -3.13. The highest BCUT2D eigenvalue weighted by molar-refractivity contribution is 6.08. The Morgan fingerprint density at radius 3 is 2.29 bits per heavy atom. The monoisotopic (exact) mass is 427 g/mol. The fourth-order valence-electron chi connectivity index (χ4n) is 3.34. The minimum Gasteiger partial charge on any atom is -0.444 e. The summed E-state index contributed by atoms with van der Waals surface area (Å²) < 4.78 is 10.6. The van der Waals surface area contributed by atoms with E-state index in [-0.39, 0.29) is 11.5 Å². The molecule has 1 heterocycles. The molecule has 1 unspecified atom stereocenters. The van der Waals surface area contributed by atoms with Gasteiger partial charge in [-0.2, -0.15) is 0 Å². The smallest absolute Gasteiger partial charge is 0.412 e. The van der Waals surface area contributed by atoms with Crippen LogP contribution in [0.2, 0.25) is 0 Å². The average Bonchev–Trinajstić information content (AvgIpc) is 2.71. The van der Waals surface area contributed by atoms with Crippen molar-refractivity contribution in [2.24, 2.45) is 0 Å². The lowest BCUT2D eigenvalue weighted by Gasteiger charge is -2.29. The number of ether oxygens (including phenoxy) is 2. The molecule has 2 aromatic rings. The van der Waals surface area contributed by atoms with Crippen LogP contribution in [0.15, 0.2) is 36.4 Å². The lowest BCUT2D eigenvalue weighted by Crippen LogP contribution is -2.50. The van der Waals surface area contributed by atoms with Crippen molar-refractivity contribution in [3.8, 4) is 0 Å². The topological polar surface area (TPSA) is 97.0 Å². The Bertz CT molecular complexity index is 977. The molecule has 0 bridgehead atoms. The molecule has 0 spiro atoms. The van der Waals surface area contributed by atoms with Crippen LogP contribution in [0.4, 0.5) is 10.5 Å². The van der Waals surface area contributed by atoms with E-state index in [1.54, 1.807) is 44.7 Å². The first kappa shape index (κ1) is 22.6. The van der Waals surface area contributed by atoms with Gasteiger partial charge in [0, 0.05) is 13.1 Å². The number of amides is 3. The maximum absolute atomic E-state index is 13.1. The molecule has 1 atom stereocenters. The molecule has 0 aliphatic carbocycles. The summed E-state index contributed by atoms with van der Waals surface area (Å²) in [6, 6.07) is 10.2. The number of hydrogen-bond acceptors (Lipinski definition) is 5. The van der Waals surface area contributed by atoms with Crippen molar-refractivity contribution in [3.05, 3.63) is 42.0 Å². The average molecular weight is 428 g/mol. The number of carbonyl (C=O) groups excluding carboxylic acids is 3. The predicted octanol–water partition coefficient (Wildman–Crippen LogP) is 3.16. The van der Waals surface area contributed by atoms with Crippen molar-refractivity contribution in [3.63, 3.8) is 0 Å². The summed E-state index contributed by atoms with van der Waals surface area (Å²) in [5.41, 5.74) is -0.106. The van der Waals surface area contributed by atoms with Gasteiger partial charge in [0.15, 0.2) is 0 Å². The Labute approximate surface area is 181 Å². The molecule has 8 heteroatoms. The van der Waals surface area contributed by atoms with Crippen molar-refractivity contribution in [1.29, 1.82) is 0 Å². The number of nitrogens with one attached hydrogen (secondary N) is 2. The highest BCUT2D eigenvalue weighted by Gasteiger charge is 2.26. The molecule has 3 amide bonds. The Morgan fingerprint density at radius 2 is 1.68 bits per heavy atom. The van der Waals surface area contributed by atoms with Gasteiger partial charge in [0.05, 0.1) is 24.5 Å². The lowest BCUT2D eigenvalue weighted by atomic mass is 10.0. The maximum Gasteiger partial charge on any atom is 0.412 e. The second-order valence-corrected chi connectivity index (χ2v) is 8.50. The van der Waals surface area contributed by atoms with E-state index in [0.29, 0.717) is 32.0 Å². The summed E-state index contributed by atoms with van der Waals surface area (Å²) in [5.74, 6) is -0.620. The van der Waals surface area contributed by atoms with E-state index >= 15 is 0 Å². The van der Waals surface area contributed by atoms with E-state index in [1.807, 2.05) is 24.3 Å². The van der Waals surface area contributed by atoms with Gasteiger partial charge >= 0.3 is 6.09 Å². The van der Waals surface area contributed by atoms with Crippen LogP contribution in [0.1, 0.15) is 38.1 Å². The molecule has 1 aliphatic heterocycles. The minimum absolute atomic E-state index is 0.168. The molecular weight excluding hydrogens is 398 g/mol. The number of hydrogen-bond donors (Lipinski definition) is 2. The van der Waals surface area contributed by atoms with Gasteiger partial charge in [-0.05, 0) is 50.6 Å². The van der Waals surface area contributed by atoms with E-state index in [2.05, 4.69) is 10.6 Å². The van der Waals surface area contributed by atoms with Crippen LogP contribution in [0.5, 0.6) is 0 Å². The van der Waals surface area contributed by atoms with Gasteiger partial charge in [-0.3, -0.25) is 14.9 Å². The SMILES string of the molecule is CC(NC(=O)c1cc2ccccc2cc1NC(=O)OC(C)(C)C)C(=O)N1CCOCC1. The van der Waals surface area contributed by atoms with Crippen molar-refractivity contribution in [2.75, 3.05) is 31.6 Å². The normalized spacial score (nSPS) is 15.3. The number of anilines is 1. The molecule has 1 fully saturated rings. The number of rotatable bonds is 4. The largest absolute Gasteiger partial charge is 0.444 e. The molecule has 0 aromatic heterocycles.